The second-order valence-electron chi connectivity index (χ2n) is 7.30. The third kappa shape index (κ3) is 6.08. The molecule has 1 heterocycles. The van der Waals surface area contributed by atoms with Crippen LogP contribution in [0.4, 0.5) is 11.4 Å². The summed E-state index contributed by atoms with van der Waals surface area (Å²) < 4.78 is 5.09. The van der Waals surface area contributed by atoms with Gasteiger partial charge in [-0.1, -0.05) is 36.0 Å². The quantitative estimate of drug-likeness (QED) is 0.325. The van der Waals surface area contributed by atoms with Crippen molar-refractivity contribution in [3.8, 4) is 0 Å². The van der Waals surface area contributed by atoms with E-state index in [0.29, 0.717) is 13.2 Å². The molecule has 0 spiro atoms. The van der Waals surface area contributed by atoms with Crippen LogP contribution in [0.2, 0.25) is 0 Å². The minimum absolute atomic E-state index is 0.138. The van der Waals surface area contributed by atoms with Crippen molar-refractivity contribution >= 4 is 34.9 Å². The lowest BCUT2D eigenvalue weighted by atomic mass is 10.2. The van der Waals surface area contributed by atoms with Crippen molar-refractivity contribution in [2.45, 2.75) is 36.0 Å². The molecule has 0 unspecified atom stereocenters. The number of fused-ring (bicyclic) bond motifs is 2. The largest absolute Gasteiger partial charge is 0.464 e. The molecule has 5 nitrogen and oxygen atoms in total. The van der Waals surface area contributed by atoms with E-state index in [1.54, 1.807) is 0 Å². The van der Waals surface area contributed by atoms with Crippen molar-refractivity contribution in [1.29, 1.82) is 0 Å². The average molecular weight is 413 g/mol. The molecule has 0 aliphatic carbocycles. The van der Waals surface area contributed by atoms with Gasteiger partial charge in [0.2, 0.25) is 0 Å². The molecule has 2 aromatic carbocycles. The van der Waals surface area contributed by atoms with Crippen LogP contribution in [0.25, 0.3) is 0 Å². The normalized spacial score (nSPS) is 12.4. The molecule has 0 radical (unpaired) electrons. The van der Waals surface area contributed by atoms with E-state index in [0.717, 1.165) is 25.9 Å². The average Bonchev–Trinajstić information content (AvgIpc) is 2.69. The van der Waals surface area contributed by atoms with Crippen LogP contribution in [-0.2, 0) is 14.3 Å². The zero-order chi connectivity index (χ0) is 20.6. The number of hydrogen-bond donors (Lipinski definition) is 0. The van der Waals surface area contributed by atoms with E-state index in [1.165, 1.54) is 28.1 Å². The maximum Gasteiger partial charge on any atom is 0.313 e. The van der Waals surface area contributed by atoms with Gasteiger partial charge < -0.3 is 14.5 Å². The maximum absolute atomic E-state index is 11.4. The Morgan fingerprint density at radius 1 is 0.966 bits per heavy atom. The molecule has 0 bridgehead atoms. The van der Waals surface area contributed by atoms with Gasteiger partial charge in [0.1, 0.15) is 18.8 Å². The van der Waals surface area contributed by atoms with Crippen LogP contribution in [0.5, 0.6) is 0 Å². The monoisotopic (exact) mass is 412 g/mol. The molecule has 0 amide bonds. The van der Waals surface area contributed by atoms with Gasteiger partial charge in [-0.2, -0.15) is 0 Å². The molecule has 0 N–H and O–H groups in total. The third-order valence-electron chi connectivity index (χ3n) is 4.83. The summed E-state index contributed by atoms with van der Waals surface area (Å²) in [5, 5.41) is 0. The molecule has 1 aliphatic heterocycles. The van der Waals surface area contributed by atoms with Gasteiger partial charge in [0.25, 0.3) is 0 Å². The number of ether oxygens (including phenoxy) is 1. The number of carbonyl (C=O) groups excluding carboxylic acids is 2. The second-order valence-corrected chi connectivity index (χ2v) is 8.38. The molecule has 2 aromatic rings. The highest BCUT2D eigenvalue weighted by Gasteiger charge is 2.22. The van der Waals surface area contributed by atoms with E-state index in [-0.39, 0.29) is 12.2 Å². The number of ketones is 1. The number of likely N-dealkylation sites (N-methyl/N-ethyl adjacent to an activating group) is 1. The fourth-order valence-corrected chi connectivity index (χ4v) is 4.45. The summed E-state index contributed by atoms with van der Waals surface area (Å²) in [6, 6.07) is 17.1. The molecule has 29 heavy (non-hydrogen) atoms. The molecule has 0 atom stereocenters. The Morgan fingerprint density at radius 3 is 2.21 bits per heavy atom. The number of hydrogen-bond acceptors (Lipinski definition) is 6. The summed E-state index contributed by atoms with van der Waals surface area (Å²) in [7, 11) is 2.03. The predicted octanol–water partition coefficient (Wildman–Crippen LogP) is 4.52. The number of Topliss-reactive ketones (excluding diaryl/α,β-unsaturated/α-hetero) is 1. The molecule has 0 saturated carbocycles. The van der Waals surface area contributed by atoms with Crippen molar-refractivity contribution < 1.29 is 14.3 Å². The van der Waals surface area contributed by atoms with Crippen LogP contribution in [0, 0.1) is 0 Å². The highest BCUT2D eigenvalue weighted by molar-refractivity contribution is 7.99. The zero-order valence-corrected chi connectivity index (χ0v) is 17.9. The van der Waals surface area contributed by atoms with Gasteiger partial charge in [-0.3, -0.25) is 9.59 Å². The standard InChI is InChI=1S/C23H28N2O3S/c1-18(26)17-23(27)28-16-15-24(2)13-7-8-14-25-19-9-3-5-11-21(19)29-22-12-6-4-10-20(22)25/h3-6,9-12H,7-8,13-17H2,1-2H3. The molecule has 3 rings (SSSR count). The van der Waals surface area contributed by atoms with E-state index >= 15 is 0 Å². The smallest absolute Gasteiger partial charge is 0.313 e. The first-order valence-electron chi connectivity index (χ1n) is 10.0. The van der Waals surface area contributed by atoms with Gasteiger partial charge in [0, 0.05) is 22.9 Å². The Hall–Kier alpha value is -2.31. The second kappa shape index (κ2) is 10.5. The minimum atomic E-state index is -0.439. The Labute approximate surface area is 177 Å². The highest BCUT2D eigenvalue weighted by atomic mass is 32.2. The Kier molecular flexibility index (Phi) is 7.72. The number of unbranched alkanes of at least 4 members (excludes halogenated alkanes) is 1. The summed E-state index contributed by atoms with van der Waals surface area (Å²) in [4.78, 5) is 29.5. The molecule has 154 valence electrons. The van der Waals surface area contributed by atoms with Crippen LogP contribution in [0.3, 0.4) is 0 Å². The van der Waals surface area contributed by atoms with Crippen molar-refractivity contribution in [1.82, 2.24) is 4.90 Å². The number of nitrogens with zero attached hydrogens (tertiary/aromatic N) is 2. The van der Waals surface area contributed by atoms with Gasteiger partial charge in [-0.05, 0) is 57.6 Å². The van der Waals surface area contributed by atoms with Gasteiger partial charge in [0.15, 0.2) is 0 Å². The first kappa shape index (κ1) is 21.4. The van der Waals surface area contributed by atoms with Crippen molar-refractivity contribution in [3.05, 3.63) is 48.5 Å². The maximum atomic E-state index is 11.4. The summed E-state index contributed by atoms with van der Waals surface area (Å²) in [5.41, 5.74) is 2.56. The number of carbonyl (C=O) groups is 2. The minimum Gasteiger partial charge on any atom is -0.464 e. The Morgan fingerprint density at radius 2 is 1.59 bits per heavy atom. The van der Waals surface area contributed by atoms with Gasteiger partial charge >= 0.3 is 5.97 Å². The lowest BCUT2D eigenvalue weighted by molar-refractivity contribution is -0.146. The number of benzene rings is 2. The molecular weight excluding hydrogens is 384 g/mol. The molecule has 1 aliphatic rings. The predicted molar refractivity (Wildman–Crippen MR) is 117 cm³/mol. The Bertz CT molecular complexity index is 810. The van der Waals surface area contributed by atoms with E-state index < -0.39 is 5.97 Å². The van der Waals surface area contributed by atoms with Gasteiger partial charge in [0.05, 0.1) is 11.4 Å². The molecule has 0 saturated heterocycles. The van der Waals surface area contributed by atoms with Gasteiger partial charge in [-0.25, -0.2) is 0 Å². The SMILES string of the molecule is CC(=O)CC(=O)OCCN(C)CCCCN1c2ccccc2Sc2ccccc21. The van der Waals surface area contributed by atoms with Crippen LogP contribution >= 0.6 is 11.8 Å². The van der Waals surface area contributed by atoms with Crippen LogP contribution in [0.1, 0.15) is 26.2 Å². The summed E-state index contributed by atoms with van der Waals surface area (Å²) in [6.45, 7) is 4.31. The molecule has 0 fully saturated rings. The number of para-hydroxylation sites is 2. The number of esters is 1. The van der Waals surface area contributed by atoms with Crippen LogP contribution in [0.15, 0.2) is 58.3 Å². The van der Waals surface area contributed by atoms with E-state index in [4.69, 9.17) is 4.74 Å². The zero-order valence-electron chi connectivity index (χ0n) is 17.1. The van der Waals surface area contributed by atoms with E-state index in [2.05, 4.69) is 58.3 Å². The Balaban J connectivity index is 1.45. The van der Waals surface area contributed by atoms with Crippen LogP contribution in [-0.4, -0.2) is 49.9 Å². The molecular formula is C23H28N2O3S. The topological polar surface area (TPSA) is 49.9 Å². The third-order valence-corrected chi connectivity index (χ3v) is 5.96. The first-order valence-corrected chi connectivity index (χ1v) is 10.8. The summed E-state index contributed by atoms with van der Waals surface area (Å²) >= 11 is 1.83. The van der Waals surface area contributed by atoms with Crippen molar-refractivity contribution in [2.24, 2.45) is 0 Å². The summed E-state index contributed by atoms with van der Waals surface area (Å²) in [6.07, 6.45) is 1.99. The fourth-order valence-electron chi connectivity index (χ4n) is 3.36. The first-order chi connectivity index (χ1) is 14.0. The van der Waals surface area contributed by atoms with Crippen LogP contribution < -0.4 is 4.90 Å². The van der Waals surface area contributed by atoms with Crippen molar-refractivity contribution in [3.63, 3.8) is 0 Å². The fraction of sp³-hybridized carbons (Fsp3) is 0.391. The molecule has 0 aromatic heterocycles. The highest BCUT2D eigenvalue weighted by Crippen LogP contribution is 2.47. The van der Waals surface area contributed by atoms with E-state index in [9.17, 15) is 9.59 Å². The summed E-state index contributed by atoms with van der Waals surface area (Å²) in [5.74, 6) is -0.603. The molecule has 6 heteroatoms. The number of anilines is 2. The van der Waals surface area contributed by atoms with Gasteiger partial charge in [-0.15, -0.1) is 0 Å². The lowest BCUT2D eigenvalue weighted by Gasteiger charge is -2.33. The van der Waals surface area contributed by atoms with E-state index in [1.807, 2.05) is 18.8 Å². The lowest BCUT2D eigenvalue weighted by Crippen LogP contribution is -2.27. The van der Waals surface area contributed by atoms with Crippen molar-refractivity contribution in [2.75, 3.05) is 38.2 Å². The number of rotatable bonds is 10.